The van der Waals surface area contributed by atoms with Gasteiger partial charge in [0, 0.05) is 21.5 Å². The van der Waals surface area contributed by atoms with Gasteiger partial charge in [-0.1, -0.05) is 65.7 Å². The van der Waals surface area contributed by atoms with Crippen LogP contribution in [0.15, 0.2) is 71.5 Å². The van der Waals surface area contributed by atoms with Crippen LogP contribution in [0.2, 0.25) is 5.02 Å². The molecule has 0 saturated heterocycles. The molecule has 0 amide bonds. The molecular weight excluding hydrogens is 384 g/mol. The van der Waals surface area contributed by atoms with Crippen molar-refractivity contribution < 1.29 is 5.11 Å². The quantitative estimate of drug-likeness (QED) is 0.516. The van der Waals surface area contributed by atoms with E-state index in [2.05, 4.69) is 23.3 Å². The smallest absolute Gasteiger partial charge is 0.274 e. The zero-order valence-corrected chi connectivity index (χ0v) is 17.0. The lowest BCUT2D eigenvalue weighted by molar-refractivity contribution is 0.150. The Morgan fingerprint density at radius 1 is 1.00 bits per heavy atom. The molecule has 0 saturated carbocycles. The van der Waals surface area contributed by atoms with Crippen LogP contribution in [0.25, 0.3) is 22.0 Å². The van der Waals surface area contributed by atoms with Crippen LogP contribution in [0.5, 0.6) is 0 Å². The highest BCUT2D eigenvalue weighted by Gasteiger charge is 2.18. The van der Waals surface area contributed by atoms with E-state index in [1.807, 2.05) is 38.1 Å². The number of hydrogen-bond acceptors (Lipinski definition) is 3. The van der Waals surface area contributed by atoms with Gasteiger partial charge in [-0.25, -0.2) is 4.68 Å². The molecule has 146 valence electrons. The first-order valence-electron chi connectivity index (χ1n) is 9.45. The third-order valence-electron chi connectivity index (χ3n) is 5.13. The molecule has 0 aliphatic carbocycles. The Morgan fingerprint density at radius 2 is 1.69 bits per heavy atom. The molecule has 5 heteroatoms. The van der Waals surface area contributed by atoms with Crippen molar-refractivity contribution in [1.29, 1.82) is 0 Å². The zero-order chi connectivity index (χ0) is 20.5. The molecule has 4 nitrogen and oxygen atoms in total. The molecule has 4 rings (SSSR count). The van der Waals surface area contributed by atoms with Crippen molar-refractivity contribution in [3.05, 3.63) is 98.8 Å². The number of aromatic nitrogens is 2. The van der Waals surface area contributed by atoms with Crippen LogP contribution in [0.3, 0.4) is 0 Å². The van der Waals surface area contributed by atoms with Crippen LogP contribution < -0.4 is 5.56 Å². The number of halogens is 1. The Bertz CT molecular complexity index is 1260. The number of aliphatic hydroxyl groups is 1. The maximum Gasteiger partial charge on any atom is 0.274 e. The van der Waals surface area contributed by atoms with Gasteiger partial charge < -0.3 is 5.11 Å². The van der Waals surface area contributed by atoms with Gasteiger partial charge in [0.25, 0.3) is 5.56 Å². The fourth-order valence-electron chi connectivity index (χ4n) is 3.56. The van der Waals surface area contributed by atoms with Gasteiger partial charge in [-0.3, -0.25) is 4.79 Å². The Kier molecular flexibility index (Phi) is 5.22. The van der Waals surface area contributed by atoms with Gasteiger partial charge in [-0.05, 0) is 37.6 Å². The molecule has 0 aliphatic heterocycles. The normalized spacial score (nSPS) is 12.3. The number of rotatable bonds is 4. The summed E-state index contributed by atoms with van der Waals surface area (Å²) in [6.45, 7) is 4.08. The fraction of sp³-hybridized carbons (Fsp3) is 0.167. The summed E-state index contributed by atoms with van der Waals surface area (Å²) in [4.78, 5) is 13.1. The molecule has 0 spiro atoms. The Hall–Kier alpha value is -2.95. The van der Waals surface area contributed by atoms with Crippen LogP contribution >= 0.6 is 11.6 Å². The summed E-state index contributed by atoms with van der Waals surface area (Å²) in [5.74, 6) is 0. The van der Waals surface area contributed by atoms with Gasteiger partial charge in [0.15, 0.2) is 0 Å². The third kappa shape index (κ3) is 3.69. The number of aliphatic hydroxyl groups excluding tert-OH is 1. The molecule has 1 unspecified atom stereocenters. The highest BCUT2D eigenvalue weighted by Crippen LogP contribution is 2.29. The van der Waals surface area contributed by atoms with Crippen LogP contribution in [0.4, 0.5) is 0 Å². The zero-order valence-electron chi connectivity index (χ0n) is 16.3. The predicted octanol–water partition coefficient (Wildman–Crippen LogP) is 5.07. The van der Waals surface area contributed by atoms with Crippen LogP contribution in [0.1, 0.15) is 22.8 Å². The molecule has 0 bridgehead atoms. The van der Waals surface area contributed by atoms with E-state index in [0.717, 1.165) is 27.8 Å². The predicted molar refractivity (Wildman–Crippen MR) is 117 cm³/mol. The number of aryl methyl sites for hydroxylation is 2. The van der Waals surface area contributed by atoms with Crippen molar-refractivity contribution >= 4 is 22.4 Å². The molecule has 0 aliphatic rings. The van der Waals surface area contributed by atoms with E-state index < -0.39 is 6.10 Å². The number of benzene rings is 3. The lowest BCUT2D eigenvalue weighted by atomic mass is 9.99. The second kappa shape index (κ2) is 7.82. The first-order valence-corrected chi connectivity index (χ1v) is 9.83. The first kappa shape index (κ1) is 19.4. The van der Waals surface area contributed by atoms with E-state index in [0.29, 0.717) is 16.0 Å². The average Bonchev–Trinajstić information content (AvgIpc) is 2.72. The molecule has 1 N–H and O–H groups in total. The molecule has 1 aromatic heterocycles. The summed E-state index contributed by atoms with van der Waals surface area (Å²) < 4.78 is 1.34. The van der Waals surface area contributed by atoms with E-state index >= 15 is 0 Å². The molecular formula is C24H21ClN2O2. The van der Waals surface area contributed by atoms with E-state index in [1.54, 1.807) is 24.3 Å². The second-order valence-corrected chi connectivity index (χ2v) is 7.64. The van der Waals surface area contributed by atoms with Crippen LogP contribution in [0, 0.1) is 13.8 Å². The van der Waals surface area contributed by atoms with Gasteiger partial charge in [-0.15, -0.1) is 0 Å². The van der Waals surface area contributed by atoms with Gasteiger partial charge in [0.1, 0.15) is 6.10 Å². The highest BCUT2D eigenvalue weighted by atomic mass is 35.5. The molecule has 29 heavy (non-hydrogen) atoms. The topological polar surface area (TPSA) is 55.1 Å². The van der Waals surface area contributed by atoms with E-state index in [1.165, 1.54) is 4.68 Å². The summed E-state index contributed by atoms with van der Waals surface area (Å²) in [7, 11) is 0. The minimum Gasteiger partial charge on any atom is -0.386 e. The monoisotopic (exact) mass is 404 g/mol. The third-order valence-corrected chi connectivity index (χ3v) is 5.47. The Morgan fingerprint density at radius 3 is 2.45 bits per heavy atom. The molecule has 1 atom stereocenters. The summed E-state index contributed by atoms with van der Waals surface area (Å²) in [5.41, 5.74) is 4.23. The summed E-state index contributed by atoms with van der Waals surface area (Å²) in [6, 6.07) is 20.7. The Labute approximate surface area is 174 Å². The number of hydrogen-bond donors (Lipinski definition) is 1. The fourth-order valence-corrected chi connectivity index (χ4v) is 3.82. The van der Waals surface area contributed by atoms with E-state index in [4.69, 9.17) is 11.6 Å². The van der Waals surface area contributed by atoms with Gasteiger partial charge in [0.05, 0.1) is 17.6 Å². The Balaban J connectivity index is 1.90. The summed E-state index contributed by atoms with van der Waals surface area (Å²) >= 11 is 6.22. The summed E-state index contributed by atoms with van der Waals surface area (Å²) in [6.07, 6.45) is -0.943. The minimum atomic E-state index is -0.943. The molecule has 3 aromatic carbocycles. The van der Waals surface area contributed by atoms with Crippen molar-refractivity contribution in [2.24, 2.45) is 0 Å². The SMILES string of the molecule is Cc1ccc(C)c(-c2nn(CC(O)c3ccccc3Cl)c(=O)c3ccccc23)c1. The molecule has 0 radical (unpaired) electrons. The van der Waals surface area contributed by atoms with Gasteiger partial charge in [0.2, 0.25) is 0 Å². The highest BCUT2D eigenvalue weighted by molar-refractivity contribution is 6.31. The number of fused-ring (bicyclic) bond motifs is 1. The standard InChI is InChI=1S/C24H21ClN2O2/c1-15-11-12-16(2)20(13-15)23-17-7-3-4-8-18(17)24(29)27(26-23)14-22(28)19-9-5-6-10-21(19)25/h3-13,22,28H,14H2,1-2H3. The first-order chi connectivity index (χ1) is 14.0. The van der Waals surface area contributed by atoms with Crippen LogP contribution in [-0.2, 0) is 6.54 Å². The van der Waals surface area contributed by atoms with Crippen molar-refractivity contribution in [2.75, 3.05) is 0 Å². The van der Waals surface area contributed by atoms with Crippen LogP contribution in [-0.4, -0.2) is 14.9 Å². The largest absolute Gasteiger partial charge is 0.386 e. The molecule has 4 aromatic rings. The number of nitrogens with zero attached hydrogens (tertiary/aromatic N) is 2. The van der Waals surface area contributed by atoms with Crippen molar-refractivity contribution in [3.63, 3.8) is 0 Å². The molecule has 1 heterocycles. The minimum absolute atomic E-state index is 0.0191. The lowest BCUT2D eigenvalue weighted by Gasteiger charge is -2.17. The second-order valence-electron chi connectivity index (χ2n) is 7.24. The maximum atomic E-state index is 13.1. The summed E-state index contributed by atoms with van der Waals surface area (Å²) in [5, 5.41) is 17.2. The van der Waals surface area contributed by atoms with E-state index in [-0.39, 0.29) is 12.1 Å². The molecule has 0 fully saturated rings. The van der Waals surface area contributed by atoms with Gasteiger partial charge in [-0.2, -0.15) is 5.10 Å². The van der Waals surface area contributed by atoms with Gasteiger partial charge >= 0.3 is 0 Å². The van der Waals surface area contributed by atoms with Crippen molar-refractivity contribution in [3.8, 4) is 11.3 Å². The van der Waals surface area contributed by atoms with E-state index in [9.17, 15) is 9.90 Å². The van der Waals surface area contributed by atoms with Crippen molar-refractivity contribution in [2.45, 2.75) is 26.5 Å². The average molecular weight is 405 g/mol. The maximum absolute atomic E-state index is 13.1. The van der Waals surface area contributed by atoms with Crippen molar-refractivity contribution in [1.82, 2.24) is 9.78 Å². The lowest BCUT2D eigenvalue weighted by Crippen LogP contribution is -2.27.